The first kappa shape index (κ1) is 17.6. The van der Waals surface area contributed by atoms with E-state index in [1.807, 2.05) is 30.3 Å². The number of nitro benzene ring substituents is 1. The number of nitrogens with one attached hydrogen (secondary N) is 1. The lowest BCUT2D eigenvalue weighted by atomic mass is 10.2. The second-order valence-corrected chi connectivity index (χ2v) is 5.63. The predicted octanol–water partition coefficient (Wildman–Crippen LogP) is 3.41. The number of benzene rings is 2. The molecule has 0 bridgehead atoms. The van der Waals surface area contributed by atoms with Crippen molar-refractivity contribution in [3.63, 3.8) is 0 Å². The molecule has 1 aliphatic heterocycles. The van der Waals surface area contributed by atoms with Gasteiger partial charge in [-0.25, -0.2) is 0 Å². The zero-order chi connectivity index (χ0) is 18.7. The van der Waals surface area contributed by atoms with Gasteiger partial charge in [-0.05, 0) is 24.6 Å². The Labute approximate surface area is 147 Å². The first-order chi connectivity index (χ1) is 12.5. The maximum absolute atomic E-state index is 12.6. The lowest BCUT2D eigenvalue weighted by Crippen LogP contribution is -2.33. The quantitative estimate of drug-likeness (QED) is 0.628. The minimum Gasteiger partial charge on any atom is -0.427 e. The lowest BCUT2D eigenvalue weighted by Gasteiger charge is -2.18. The van der Waals surface area contributed by atoms with Gasteiger partial charge in [0.25, 0.3) is 0 Å². The second kappa shape index (κ2) is 7.34. The van der Waals surface area contributed by atoms with Gasteiger partial charge in [0.05, 0.1) is 4.92 Å². The van der Waals surface area contributed by atoms with E-state index in [4.69, 9.17) is 0 Å². The normalized spacial score (nSPS) is 16.8. The molecule has 1 saturated heterocycles. The number of nitro groups is 1. The summed E-state index contributed by atoms with van der Waals surface area (Å²) in [6, 6.07) is 12.1. The van der Waals surface area contributed by atoms with Gasteiger partial charge in [0, 0.05) is 30.1 Å². The summed E-state index contributed by atoms with van der Waals surface area (Å²) in [7, 11) is 0. The van der Waals surface area contributed by atoms with Crippen molar-refractivity contribution in [3.05, 3.63) is 58.6 Å². The Morgan fingerprint density at radius 1 is 1.23 bits per heavy atom. The van der Waals surface area contributed by atoms with Gasteiger partial charge in [-0.3, -0.25) is 14.9 Å². The first-order valence-corrected chi connectivity index (χ1v) is 7.82. The topological polar surface area (TPSA) is 84.7 Å². The first-order valence-electron chi connectivity index (χ1n) is 7.82. The fourth-order valence-electron chi connectivity index (χ4n) is 2.82. The summed E-state index contributed by atoms with van der Waals surface area (Å²) < 4.78 is 29.2. The number of halogens is 2. The van der Waals surface area contributed by atoms with Crippen molar-refractivity contribution in [1.82, 2.24) is 0 Å². The maximum Gasteiger partial charge on any atom is 0.387 e. The van der Waals surface area contributed by atoms with Crippen LogP contribution in [-0.4, -0.2) is 30.0 Å². The SMILES string of the molecule is O=C1C(Nc2ccc([N+](=O)[O-])c(OC(F)F)c2)CCN1c1ccccc1. The highest BCUT2D eigenvalue weighted by Crippen LogP contribution is 2.32. The van der Waals surface area contributed by atoms with Crippen LogP contribution < -0.4 is 15.0 Å². The van der Waals surface area contributed by atoms with E-state index in [1.54, 1.807) is 4.90 Å². The molecule has 0 saturated carbocycles. The summed E-state index contributed by atoms with van der Waals surface area (Å²) in [5.74, 6) is -0.716. The molecule has 1 heterocycles. The van der Waals surface area contributed by atoms with Crippen LogP contribution in [0.2, 0.25) is 0 Å². The fourth-order valence-corrected chi connectivity index (χ4v) is 2.82. The average Bonchev–Trinajstić information content (AvgIpc) is 2.96. The van der Waals surface area contributed by atoms with Gasteiger partial charge in [0.15, 0.2) is 0 Å². The molecule has 2 aromatic rings. The zero-order valence-corrected chi connectivity index (χ0v) is 13.5. The highest BCUT2D eigenvalue weighted by atomic mass is 19.3. The molecule has 1 aliphatic rings. The maximum atomic E-state index is 12.6. The number of ether oxygens (including phenoxy) is 1. The summed E-state index contributed by atoms with van der Waals surface area (Å²) in [4.78, 5) is 24.3. The summed E-state index contributed by atoms with van der Waals surface area (Å²) in [5.41, 5.74) is 0.492. The van der Waals surface area contributed by atoms with Gasteiger partial charge in [-0.1, -0.05) is 18.2 Å². The largest absolute Gasteiger partial charge is 0.427 e. The number of para-hydroxylation sites is 1. The molecule has 1 fully saturated rings. The number of carbonyl (C=O) groups is 1. The van der Waals surface area contributed by atoms with E-state index in [-0.39, 0.29) is 5.91 Å². The van der Waals surface area contributed by atoms with Crippen LogP contribution in [0, 0.1) is 10.1 Å². The molecule has 9 heteroatoms. The number of carbonyl (C=O) groups excluding carboxylic acids is 1. The van der Waals surface area contributed by atoms with Crippen LogP contribution in [0.3, 0.4) is 0 Å². The van der Waals surface area contributed by atoms with Gasteiger partial charge in [-0.15, -0.1) is 0 Å². The second-order valence-electron chi connectivity index (χ2n) is 5.63. The standard InChI is InChI=1S/C17H15F2N3O4/c18-17(19)26-15-10-11(6-7-14(15)22(24)25)20-13-8-9-21(16(13)23)12-4-2-1-3-5-12/h1-7,10,13,17,20H,8-9H2. The number of amides is 1. The van der Waals surface area contributed by atoms with Gasteiger partial charge < -0.3 is 15.0 Å². The molecule has 1 atom stereocenters. The zero-order valence-electron chi connectivity index (χ0n) is 13.5. The summed E-state index contributed by atoms with van der Waals surface area (Å²) in [6.45, 7) is -2.68. The van der Waals surface area contributed by atoms with Crippen molar-refractivity contribution in [3.8, 4) is 5.75 Å². The Kier molecular flexibility index (Phi) is 4.97. The Bertz CT molecular complexity index is 817. The third kappa shape index (κ3) is 3.71. The van der Waals surface area contributed by atoms with Crippen LogP contribution >= 0.6 is 0 Å². The number of rotatable bonds is 6. The van der Waals surface area contributed by atoms with Crippen LogP contribution in [0.25, 0.3) is 0 Å². The number of anilines is 2. The molecule has 3 rings (SSSR count). The van der Waals surface area contributed by atoms with Crippen LogP contribution in [0.15, 0.2) is 48.5 Å². The van der Waals surface area contributed by atoms with E-state index in [0.717, 1.165) is 17.8 Å². The highest BCUT2D eigenvalue weighted by molar-refractivity contribution is 6.01. The molecule has 1 unspecified atom stereocenters. The van der Waals surface area contributed by atoms with Gasteiger partial charge in [0.1, 0.15) is 6.04 Å². The molecular weight excluding hydrogens is 348 g/mol. The van der Waals surface area contributed by atoms with E-state index < -0.39 is 29.0 Å². The number of alkyl halides is 2. The van der Waals surface area contributed by atoms with E-state index in [0.29, 0.717) is 18.7 Å². The van der Waals surface area contributed by atoms with Crippen LogP contribution in [-0.2, 0) is 4.79 Å². The fraction of sp³-hybridized carbons (Fsp3) is 0.235. The van der Waals surface area contributed by atoms with E-state index in [9.17, 15) is 23.7 Å². The molecule has 2 aromatic carbocycles. The van der Waals surface area contributed by atoms with Gasteiger partial charge >= 0.3 is 12.3 Å². The minimum absolute atomic E-state index is 0.161. The van der Waals surface area contributed by atoms with E-state index >= 15 is 0 Å². The van der Waals surface area contributed by atoms with Crippen molar-refractivity contribution in [2.24, 2.45) is 0 Å². The summed E-state index contributed by atoms with van der Waals surface area (Å²) in [6.07, 6.45) is 0.510. The predicted molar refractivity (Wildman–Crippen MR) is 90.6 cm³/mol. The Morgan fingerprint density at radius 3 is 2.62 bits per heavy atom. The molecule has 1 N–H and O–H groups in total. The number of hydrogen-bond acceptors (Lipinski definition) is 5. The smallest absolute Gasteiger partial charge is 0.387 e. The molecule has 0 aromatic heterocycles. The molecule has 0 radical (unpaired) electrons. The Balaban J connectivity index is 1.77. The third-order valence-electron chi connectivity index (χ3n) is 3.99. The van der Waals surface area contributed by atoms with Crippen LogP contribution in [0.4, 0.5) is 25.8 Å². The Morgan fingerprint density at radius 2 is 1.96 bits per heavy atom. The van der Waals surface area contributed by atoms with Gasteiger partial charge in [-0.2, -0.15) is 8.78 Å². The van der Waals surface area contributed by atoms with Gasteiger partial charge in [0.2, 0.25) is 11.7 Å². The molecule has 1 amide bonds. The molecular formula is C17H15F2N3O4. The molecule has 0 aliphatic carbocycles. The van der Waals surface area contributed by atoms with Crippen molar-refractivity contribution in [2.75, 3.05) is 16.8 Å². The molecule has 26 heavy (non-hydrogen) atoms. The summed E-state index contributed by atoms with van der Waals surface area (Å²) in [5, 5.41) is 13.8. The van der Waals surface area contributed by atoms with Crippen molar-refractivity contribution in [2.45, 2.75) is 19.1 Å². The number of hydrogen-bond donors (Lipinski definition) is 1. The van der Waals surface area contributed by atoms with Crippen molar-refractivity contribution >= 4 is 23.0 Å². The number of nitrogens with zero attached hydrogens (tertiary/aromatic N) is 2. The molecule has 136 valence electrons. The van der Waals surface area contributed by atoms with Crippen LogP contribution in [0.5, 0.6) is 5.75 Å². The molecule has 0 spiro atoms. The van der Waals surface area contributed by atoms with Crippen LogP contribution in [0.1, 0.15) is 6.42 Å². The minimum atomic E-state index is -3.19. The Hall–Kier alpha value is -3.23. The van der Waals surface area contributed by atoms with E-state index in [1.165, 1.54) is 6.07 Å². The van der Waals surface area contributed by atoms with Crippen molar-refractivity contribution < 1.29 is 23.2 Å². The third-order valence-corrected chi connectivity index (χ3v) is 3.99. The average molecular weight is 363 g/mol. The molecule has 7 nitrogen and oxygen atoms in total. The lowest BCUT2D eigenvalue weighted by molar-refractivity contribution is -0.386. The summed E-state index contributed by atoms with van der Waals surface area (Å²) >= 11 is 0. The van der Waals surface area contributed by atoms with Crippen molar-refractivity contribution in [1.29, 1.82) is 0 Å². The van der Waals surface area contributed by atoms with E-state index in [2.05, 4.69) is 10.1 Å². The highest BCUT2D eigenvalue weighted by Gasteiger charge is 2.32. The monoisotopic (exact) mass is 363 g/mol.